The van der Waals surface area contributed by atoms with E-state index in [9.17, 15) is 0 Å². The first-order valence-electron chi connectivity index (χ1n) is 8.41. The van der Waals surface area contributed by atoms with Crippen LogP contribution in [0.5, 0.6) is 5.75 Å². The standard InChI is InChI=1S/C19H31NO/c1-7-19(6)11-17(20-12-13(2)3)16-10-15(14(4)5)8-9-18(16)21-19/h8-10,13-14,17,20H,7,11-12H2,1-6H3. The Morgan fingerprint density at radius 3 is 2.57 bits per heavy atom. The first-order chi connectivity index (χ1) is 9.84. The summed E-state index contributed by atoms with van der Waals surface area (Å²) in [6, 6.07) is 7.12. The van der Waals surface area contributed by atoms with Crippen LogP contribution in [-0.2, 0) is 0 Å². The molecule has 21 heavy (non-hydrogen) atoms. The molecule has 0 saturated carbocycles. The molecular weight excluding hydrogens is 258 g/mol. The largest absolute Gasteiger partial charge is 0.487 e. The third kappa shape index (κ3) is 3.79. The van der Waals surface area contributed by atoms with Crippen molar-refractivity contribution in [2.75, 3.05) is 6.54 Å². The van der Waals surface area contributed by atoms with Crippen molar-refractivity contribution in [3.63, 3.8) is 0 Å². The zero-order valence-electron chi connectivity index (χ0n) is 14.5. The summed E-state index contributed by atoms with van der Waals surface area (Å²) in [5.74, 6) is 2.29. The van der Waals surface area contributed by atoms with Gasteiger partial charge in [-0.15, -0.1) is 0 Å². The third-order valence-electron chi connectivity index (χ3n) is 4.59. The van der Waals surface area contributed by atoms with Crippen LogP contribution in [0.3, 0.4) is 0 Å². The lowest BCUT2D eigenvalue weighted by Gasteiger charge is -2.40. The van der Waals surface area contributed by atoms with Gasteiger partial charge in [-0.3, -0.25) is 0 Å². The normalized spacial score (nSPS) is 25.0. The van der Waals surface area contributed by atoms with Crippen molar-refractivity contribution >= 4 is 0 Å². The molecule has 0 bridgehead atoms. The smallest absolute Gasteiger partial charge is 0.124 e. The van der Waals surface area contributed by atoms with E-state index in [0.29, 0.717) is 17.9 Å². The number of hydrogen-bond acceptors (Lipinski definition) is 2. The van der Waals surface area contributed by atoms with E-state index in [0.717, 1.165) is 25.1 Å². The molecule has 1 heterocycles. The zero-order valence-corrected chi connectivity index (χ0v) is 14.5. The minimum atomic E-state index is -0.0546. The molecule has 1 aromatic carbocycles. The maximum absolute atomic E-state index is 6.30. The molecule has 1 aromatic rings. The monoisotopic (exact) mass is 289 g/mol. The second kappa shape index (κ2) is 6.39. The van der Waals surface area contributed by atoms with Crippen LogP contribution in [0.25, 0.3) is 0 Å². The minimum Gasteiger partial charge on any atom is -0.487 e. The summed E-state index contributed by atoms with van der Waals surface area (Å²) in [4.78, 5) is 0. The lowest BCUT2D eigenvalue weighted by molar-refractivity contribution is 0.0437. The average molecular weight is 289 g/mol. The fraction of sp³-hybridized carbons (Fsp3) is 0.684. The Balaban J connectivity index is 2.33. The van der Waals surface area contributed by atoms with Crippen molar-refractivity contribution in [2.24, 2.45) is 5.92 Å². The van der Waals surface area contributed by atoms with E-state index in [1.54, 1.807) is 0 Å². The van der Waals surface area contributed by atoms with Gasteiger partial charge in [0.05, 0.1) is 0 Å². The summed E-state index contributed by atoms with van der Waals surface area (Å²) >= 11 is 0. The van der Waals surface area contributed by atoms with Crippen LogP contribution in [0.4, 0.5) is 0 Å². The van der Waals surface area contributed by atoms with Gasteiger partial charge in [0.25, 0.3) is 0 Å². The van der Waals surface area contributed by atoms with E-state index in [-0.39, 0.29) is 5.60 Å². The molecule has 118 valence electrons. The predicted molar refractivity (Wildman–Crippen MR) is 90.1 cm³/mol. The second-order valence-corrected chi connectivity index (χ2v) is 7.42. The van der Waals surface area contributed by atoms with E-state index in [1.165, 1.54) is 11.1 Å². The van der Waals surface area contributed by atoms with Gasteiger partial charge in [-0.05, 0) is 43.4 Å². The van der Waals surface area contributed by atoms with Crippen molar-refractivity contribution in [2.45, 2.75) is 71.9 Å². The highest BCUT2D eigenvalue weighted by Gasteiger charge is 2.36. The van der Waals surface area contributed by atoms with Gasteiger partial charge in [0, 0.05) is 18.0 Å². The van der Waals surface area contributed by atoms with Crippen LogP contribution in [-0.4, -0.2) is 12.1 Å². The van der Waals surface area contributed by atoms with E-state index in [4.69, 9.17) is 4.74 Å². The molecule has 1 aliphatic rings. The Kier molecular flexibility index (Phi) is 4.98. The summed E-state index contributed by atoms with van der Waals surface area (Å²) in [6.45, 7) is 14.5. The summed E-state index contributed by atoms with van der Waals surface area (Å²) in [6.07, 6.45) is 2.09. The van der Waals surface area contributed by atoms with Crippen molar-refractivity contribution in [3.05, 3.63) is 29.3 Å². The topological polar surface area (TPSA) is 21.3 Å². The number of fused-ring (bicyclic) bond motifs is 1. The van der Waals surface area contributed by atoms with Gasteiger partial charge in [-0.1, -0.05) is 46.8 Å². The van der Waals surface area contributed by atoms with E-state index in [2.05, 4.69) is 65.1 Å². The highest BCUT2D eigenvalue weighted by molar-refractivity contribution is 5.42. The highest BCUT2D eigenvalue weighted by Crippen LogP contribution is 2.42. The number of rotatable bonds is 5. The van der Waals surface area contributed by atoms with E-state index >= 15 is 0 Å². The summed E-state index contributed by atoms with van der Waals surface area (Å²) in [7, 11) is 0. The maximum atomic E-state index is 6.30. The van der Waals surface area contributed by atoms with Gasteiger partial charge in [0.15, 0.2) is 0 Å². The maximum Gasteiger partial charge on any atom is 0.124 e. The zero-order chi connectivity index (χ0) is 15.6. The number of hydrogen-bond donors (Lipinski definition) is 1. The molecule has 2 nitrogen and oxygen atoms in total. The quantitative estimate of drug-likeness (QED) is 0.819. The first-order valence-corrected chi connectivity index (χ1v) is 8.41. The molecule has 2 rings (SSSR count). The molecular formula is C19H31NO. The third-order valence-corrected chi connectivity index (χ3v) is 4.59. The minimum absolute atomic E-state index is 0.0546. The van der Waals surface area contributed by atoms with E-state index < -0.39 is 0 Å². The van der Waals surface area contributed by atoms with Crippen molar-refractivity contribution in [1.82, 2.24) is 5.32 Å². The predicted octanol–water partition coefficient (Wildman–Crippen LogP) is 5.05. The summed E-state index contributed by atoms with van der Waals surface area (Å²) in [5.41, 5.74) is 2.68. The van der Waals surface area contributed by atoms with Crippen LogP contribution in [0.15, 0.2) is 18.2 Å². The Hall–Kier alpha value is -1.02. The SMILES string of the molecule is CCC1(C)CC(NCC(C)C)c2cc(C(C)C)ccc2O1. The molecule has 0 amide bonds. The molecule has 2 heteroatoms. The number of ether oxygens (including phenoxy) is 1. The molecule has 0 radical (unpaired) electrons. The number of nitrogens with one attached hydrogen (secondary N) is 1. The molecule has 0 aromatic heterocycles. The first kappa shape index (κ1) is 16.4. The van der Waals surface area contributed by atoms with Crippen LogP contribution in [0, 0.1) is 5.92 Å². The van der Waals surface area contributed by atoms with Gasteiger partial charge < -0.3 is 10.1 Å². The summed E-state index contributed by atoms with van der Waals surface area (Å²) in [5, 5.41) is 3.75. The summed E-state index contributed by atoms with van der Waals surface area (Å²) < 4.78 is 6.30. The lowest BCUT2D eigenvalue weighted by Crippen LogP contribution is -2.42. The molecule has 2 atom stereocenters. The van der Waals surface area contributed by atoms with Crippen molar-refractivity contribution in [1.29, 1.82) is 0 Å². The van der Waals surface area contributed by atoms with Gasteiger partial charge in [-0.25, -0.2) is 0 Å². The van der Waals surface area contributed by atoms with Gasteiger partial charge in [0.1, 0.15) is 11.4 Å². The van der Waals surface area contributed by atoms with Gasteiger partial charge >= 0.3 is 0 Å². The molecule has 1 aliphatic heterocycles. The Bertz CT molecular complexity index is 480. The van der Waals surface area contributed by atoms with Gasteiger partial charge in [-0.2, -0.15) is 0 Å². The van der Waals surface area contributed by atoms with Crippen LogP contribution in [0.1, 0.15) is 77.5 Å². The molecule has 0 spiro atoms. The number of benzene rings is 1. The van der Waals surface area contributed by atoms with Crippen molar-refractivity contribution in [3.8, 4) is 5.75 Å². The molecule has 1 N–H and O–H groups in total. The Labute approximate surface area is 130 Å². The Morgan fingerprint density at radius 2 is 2.00 bits per heavy atom. The highest BCUT2D eigenvalue weighted by atomic mass is 16.5. The van der Waals surface area contributed by atoms with Crippen LogP contribution < -0.4 is 10.1 Å². The van der Waals surface area contributed by atoms with Crippen molar-refractivity contribution < 1.29 is 4.74 Å². The lowest BCUT2D eigenvalue weighted by atomic mass is 9.85. The fourth-order valence-corrected chi connectivity index (χ4v) is 2.92. The Morgan fingerprint density at radius 1 is 1.29 bits per heavy atom. The average Bonchev–Trinajstić information content (AvgIpc) is 2.44. The molecule has 0 aliphatic carbocycles. The van der Waals surface area contributed by atoms with Crippen LogP contribution >= 0.6 is 0 Å². The fourth-order valence-electron chi connectivity index (χ4n) is 2.92. The molecule has 2 unspecified atom stereocenters. The van der Waals surface area contributed by atoms with E-state index in [1.807, 2.05) is 0 Å². The molecule has 0 saturated heterocycles. The molecule has 0 fully saturated rings. The van der Waals surface area contributed by atoms with Crippen LogP contribution in [0.2, 0.25) is 0 Å². The van der Waals surface area contributed by atoms with Gasteiger partial charge in [0.2, 0.25) is 0 Å². The second-order valence-electron chi connectivity index (χ2n) is 7.42.